The SMILES string of the molecule is CC\C=C/C=C/C=C/C=C\C=C\C=C\CCCCCC(=O)NC(COP(=O)(O)OCC[N+](C)(C)C)C(/C=C/CCCCCCCCCCCC)OC(=O)CCCCCCCCCCCCCCCCC. The number of hydrogen-bond donors (Lipinski definition) is 2. The Morgan fingerprint density at radius 1 is 0.514 bits per heavy atom. The van der Waals surface area contributed by atoms with E-state index in [0.29, 0.717) is 17.4 Å². The van der Waals surface area contributed by atoms with Gasteiger partial charge in [0.2, 0.25) is 5.91 Å². The van der Waals surface area contributed by atoms with Crippen molar-refractivity contribution in [1.29, 1.82) is 0 Å². The van der Waals surface area contributed by atoms with Gasteiger partial charge in [-0.2, -0.15) is 0 Å². The lowest BCUT2D eigenvalue weighted by Crippen LogP contribution is -2.47. The molecule has 0 heterocycles. The van der Waals surface area contributed by atoms with Gasteiger partial charge in [-0.05, 0) is 51.0 Å². The largest absolute Gasteiger partial charge is 0.472 e. The van der Waals surface area contributed by atoms with Crippen molar-refractivity contribution in [2.75, 3.05) is 40.9 Å². The van der Waals surface area contributed by atoms with E-state index in [1.54, 1.807) is 0 Å². The number of phosphoric ester groups is 1. The molecular formula is C60H108N2O7P+. The van der Waals surface area contributed by atoms with E-state index in [1.807, 2.05) is 94.1 Å². The maximum atomic E-state index is 13.5. The molecule has 0 aromatic rings. The van der Waals surface area contributed by atoms with Crippen LogP contribution in [-0.4, -0.2) is 74.3 Å². The van der Waals surface area contributed by atoms with E-state index >= 15 is 0 Å². The number of likely N-dealkylation sites (N-methyl/N-ethyl adjacent to an activating group) is 1. The van der Waals surface area contributed by atoms with Gasteiger partial charge < -0.3 is 19.4 Å². The Morgan fingerprint density at radius 2 is 0.914 bits per heavy atom. The second-order valence-corrected chi connectivity index (χ2v) is 21.7. The fourth-order valence-electron chi connectivity index (χ4n) is 7.85. The summed E-state index contributed by atoms with van der Waals surface area (Å²) in [5.41, 5.74) is 0. The van der Waals surface area contributed by atoms with E-state index in [-0.39, 0.29) is 37.9 Å². The van der Waals surface area contributed by atoms with Gasteiger partial charge in [0.25, 0.3) is 0 Å². The number of quaternary nitrogens is 1. The molecule has 10 heteroatoms. The third-order valence-corrected chi connectivity index (χ3v) is 13.2. The number of hydrogen-bond acceptors (Lipinski definition) is 6. The van der Waals surface area contributed by atoms with Crippen LogP contribution in [0.15, 0.2) is 85.1 Å². The molecule has 0 saturated heterocycles. The Balaban J connectivity index is 5.45. The molecule has 0 aliphatic heterocycles. The quantitative estimate of drug-likeness (QED) is 0.0156. The van der Waals surface area contributed by atoms with Crippen molar-refractivity contribution < 1.29 is 37.3 Å². The van der Waals surface area contributed by atoms with Crippen LogP contribution in [0.25, 0.3) is 0 Å². The number of phosphoric acid groups is 1. The summed E-state index contributed by atoms with van der Waals surface area (Å²) in [6, 6.07) is -0.873. The summed E-state index contributed by atoms with van der Waals surface area (Å²) in [6.45, 7) is 6.82. The van der Waals surface area contributed by atoms with Gasteiger partial charge in [-0.15, -0.1) is 0 Å². The molecule has 2 N–H and O–H groups in total. The molecule has 0 rings (SSSR count). The van der Waals surface area contributed by atoms with Gasteiger partial charge in [0, 0.05) is 12.8 Å². The van der Waals surface area contributed by atoms with Crippen molar-refractivity contribution in [3.63, 3.8) is 0 Å². The van der Waals surface area contributed by atoms with Crippen molar-refractivity contribution >= 4 is 19.7 Å². The normalized spacial score (nSPS) is 14.4. The summed E-state index contributed by atoms with van der Waals surface area (Å²) >= 11 is 0. The molecule has 70 heavy (non-hydrogen) atoms. The monoisotopic (exact) mass is 1000 g/mol. The predicted molar refractivity (Wildman–Crippen MR) is 300 cm³/mol. The number of allylic oxidation sites excluding steroid dienone is 13. The zero-order valence-corrected chi connectivity index (χ0v) is 46.9. The second kappa shape index (κ2) is 49.8. The summed E-state index contributed by atoms with van der Waals surface area (Å²) in [6.07, 6.45) is 64.3. The van der Waals surface area contributed by atoms with Crippen molar-refractivity contribution in [2.45, 2.75) is 245 Å². The number of nitrogens with one attached hydrogen (secondary N) is 1. The number of amides is 1. The molecule has 9 nitrogen and oxygen atoms in total. The molecule has 0 aliphatic carbocycles. The number of nitrogens with zero attached hydrogens (tertiary/aromatic N) is 1. The first-order chi connectivity index (χ1) is 33.9. The van der Waals surface area contributed by atoms with Crippen LogP contribution >= 0.6 is 7.82 Å². The molecule has 404 valence electrons. The minimum atomic E-state index is -4.46. The molecule has 0 bridgehead atoms. The van der Waals surface area contributed by atoms with Crippen molar-refractivity contribution in [3.8, 4) is 0 Å². The van der Waals surface area contributed by atoms with Gasteiger partial charge in [-0.1, -0.05) is 254 Å². The molecule has 0 aromatic heterocycles. The highest BCUT2D eigenvalue weighted by atomic mass is 31.2. The number of carbonyl (C=O) groups is 2. The third kappa shape index (κ3) is 50.1. The Morgan fingerprint density at radius 3 is 1.39 bits per heavy atom. The molecule has 0 saturated carbocycles. The minimum absolute atomic E-state index is 0.0283. The molecule has 3 atom stereocenters. The van der Waals surface area contributed by atoms with Crippen LogP contribution in [0.5, 0.6) is 0 Å². The Labute approximate surface area is 431 Å². The molecule has 3 unspecified atom stereocenters. The lowest BCUT2D eigenvalue weighted by molar-refractivity contribution is -0.870. The maximum Gasteiger partial charge on any atom is 0.472 e. The number of rotatable bonds is 50. The molecule has 0 spiro atoms. The van der Waals surface area contributed by atoms with Crippen LogP contribution in [0, 0.1) is 0 Å². The summed E-state index contributed by atoms with van der Waals surface area (Å²) < 4.78 is 30.6. The van der Waals surface area contributed by atoms with Crippen LogP contribution < -0.4 is 5.32 Å². The Kier molecular flexibility index (Phi) is 47.8. The van der Waals surface area contributed by atoms with E-state index in [1.165, 1.54) is 128 Å². The molecular weight excluding hydrogens is 892 g/mol. The summed E-state index contributed by atoms with van der Waals surface area (Å²) in [5.74, 6) is -0.556. The molecule has 0 aromatic carbocycles. The number of ether oxygens (including phenoxy) is 1. The molecule has 1 amide bonds. The van der Waals surface area contributed by atoms with Gasteiger partial charge in [-0.25, -0.2) is 4.57 Å². The number of carbonyl (C=O) groups excluding carboxylic acids is 2. The Bertz CT molecular complexity index is 1480. The number of esters is 1. The highest BCUT2D eigenvalue weighted by Gasteiger charge is 2.30. The lowest BCUT2D eigenvalue weighted by Gasteiger charge is -2.27. The minimum Gasteiger partial charge on any atom is -0.456 e. The Hall–Kier alpha value is -2.81. The van der Waals surface area contributed by atoms with Crippen LogP contribution in [0.4, 0.5) is 0 Å². The van der Waals surface area contributed by atoms with E-state index in [2.05, 4.69) is 38.2 Å². The summed E-state index contributed by atoms with van der Waals surface area (Å²) in [4.78, 5) is 37.6. The van der Waals surface area contributed by atoms with Crippen LogP contribution in [0.3, 0.4) is 0 Å². The van der Waals surface area contributed by atoms with Crippen molar-refractivity contribution in [3.05, 3.63) is 85.1 Å². The third-order valence-electron chi connectivity index (χ3n) is 12.3. The highest BCUT2D eigenvalue weighted by molar-refractivity contribution is 7.47. The van der Waals surface area contributed by atoms with Gasteiger partial charge in [0.15, 0.2) is 0 Å². The van der Waals surface area contributed by atoms with Crippen LogP contribution in [0.1, 0.15) is 233 Å². The zero-order valence-electron chi connectivity index (χ0n) is 46.0. The fraction of sp³-hybridized carbons (Fsp3) is 0.733. The van der Waals surface area contributed by atoms with Gasteiger partial charge in [0.05, 0.1) is 33.8 Å². The molecule has 0 fully saturated rings. The van der Waals surface area contributed by atoms with Crippen molar-refractivity contribution in [1.82, 2.24) is 5.32 Å². The van der Waals surface area contributed by atoms with Gasteiger partial charge in [-0.3, -0.25) is 18.6 Å². The average Bonchev–Trinajstić information content (AvgIpc) is 3.32. The summed E-state index contributed by atoms with van der Waals surface area (Å²) in [5, 5.41) is 3.02. The van der Waals surface area contributed by atoms with E-state index in [4.69, 9.17) is 13.8 Å². The number of unbranched alkanes of at least 4 members (excludes halogenated alkanes) is 27. The van der Waals surface area contributed by atoms with E-state index in [0.717, 1.165) is 64.2 Å². The van der Waals surface area contributed by atoms with E-state index in [9.17, 15) is 19.0 Å². The van der Waals surface area contributed by atoms with E-state index < -0.39 is 20.0 Å². The van der Waals surface area contributed by atoms with Crippen LogP contribution in [-0.2, 0) is 27.9 Å². The zero-order chi connectivity index (χ0) is 51.5. The smallest absolute Gasteiger partial charge is 0.456 e. The van der Waals surface area contributed by atoms with Crippen LogP contribution in [0.2, 0.25) is 0 Å². The average molecular weight is 1000 g/mol. The van der Waals surface area contributed by atoms with Gasteiger partial charge in [0.1, 0.15) is 19.3 Å². The van der Waals surface area contributed by atoms with Gasteiger partial charge >= 0.3 is 13.8 Å². The topological polar surface area (TPSA) is 111 Å². The first-order valence-corrected chi connectivity index (χ1v) is 30.0. The summed E-state index contributed by atoms with van der Waals surface area (Å²) in [7, 11) is 1.46. The first-order valence-electron chi connectivity index (χ1n) is 28.5. The standard InChI is InChI=1S/C60H107N2O7P/c1-7-10-13-16-19-22-25-28-30-31-33-34-37-40-43-46-49-52-59(63)61-57(56-68-70(65,66)67-55-54-62(4,5)6)58(51-48-45-42-39-36-27-24-21-18-15-12-9-3)69-60(64)53-50-47-44-41-38-35-32-29-26-23-20-17-14-11-8-2/h10,13,16,19,22,25,28,30-31,33-34,37,48,51,57-58H,7-9,11-12,14-15,17-18,20-21,23-24,26-27,29,32,35-36,38-47,49-50,52-56H2,1-6H3,(H-,61,63,65,66)/p+1/b13-10-,19-16+,25-22+,30-28-,33-31+,37-34+,51-48+. The maximum absolute atomic E-state index is 13.5. The highest BCUT2D eigenvalue weighted by Crippen LogP contribution is 2.43. The molecule has 0 aliphatic rings. The lowest BCUT2D eigenvalue weighted by atomic mass is 10.0. The molecule has 0 radical (unpaired) electrons. The first kappa shape index (κ1) is 67.2. The fourth-order valence-corrected chi connectivity index (χ4v) is 8.59. The van der Waals surface area contributed by atoms with Crippen molar-refractivity contribution in [2.24, 2.45) is 0 Å². The predicted octanol–water partition coefficient (Wildman–Crippen LogP) is 17.0. The second-order valence-electron chi connectivity index (χ2n) is 20.2.